The number of halogens is 1. The highest BCUT2D eigenvalue weighted by Crippen LogP contribution is 2.26. The minimum absolute atomic E-state index is 0.398. The number of H-pyrrole nitrogens is 1. The number of aromatic amines is 1. The number of ether oxygens (including phenoxy) is 1. The molecule has 0 radical (unpaired) electrons. The van der Waals surface area contributed by atoms with Crippen LogP contribution in [0.1, 0.15) is 16.8 Å². The van der Waals surface area contributed by atoms with Gasteiger partial charge in [0.25, 0.3) is 0 Å². The second-order valence-corrected chi connectivity index (χ2v) is 7.54. The standard InChI is InChI=1S/C23H23FN6O/c1-31-17-2-3-20-18(9-17)14(11-28-20)4-7-27-23-19-13-25-6-5-21(19)29-22(30-23)15-8-16(24)12-26-10-15/h2-3,8-12,25,28H,4-7,13H2,1H3,(H,27,29,30). The third-order valence-electron chi connectivity index (χ3n) is 5.56. The highest BCUT2D eigenvalue weighted by atomic mass is 19.1. The van der Waals surface area contributed by atoms with E-state index in [2.05, 4.69) is 25.6 Å². The van der Waals surface area contributed by atoms with Gasteiger partial charge < -0.3 is 20.4 Å². The van der Waals surface area contributed by atoms with Gasteiger partial charge in [-0.25, -0.2) is 14.4 Å². The minimum atomic E-state index is -0.398. The number of rotatable bonds is 6. The smallest absolute Gasteiger partial charge is 0.163 e. The highest BCUT2D eigenvalue weighted by molar-refractivity contribution is 5.84. The largest absolute Gasteiger partial charge is 0.497 e. The molecule has 0 unspecified atom stereocenters. The predicted octanol–water partition coefficient (Wildman–Crippen LogP) is 3.47. The molecule has 4 aromatic rings. The molecular formula is C23H23FN6O. The summed E-state index contributed by atoms with van der Waals surface area (Å²) in [6.07, 6.45) is 6.43. The molecule has 8 heteroatoms. The number of anilines is 1. The van der Waals surface area contributed by atoms with Crippen LogP contribution in [0.15, 0.2) is 42.9 Å². The van der Waals surface area contributed by atoms with Gasteiger partial charge in [-0.3, -0.25) is 4.98 Å². The molecule has 158 valence electrons. The molecule has 0 fully saturated rings. The van der Waals surface area contributed by atoms with E-state index in [9.17, 15) is 4.39 Å². The number of hydrogen-bond donors (Lipinski definition) is 3. The Bertz CT molecular complexity index is 1240. The number of hydrogen-bond acceptors (Lipinski definition) is 6. The normalized spacial score (nSPS) is 13.2. The molecule has 3 N–H and O–H groups in total. The molecule has 31 heavy (non-hydrogen) atoms. The van der Waals surface area contributed by atoms with Crippen LogP contribution in [0.2, 0.25) is 0 Å². The van der Waals surface area contributed by atoms with E-state index >= 15 is 0 Å². The molecule has 5 rings (SSSR count). The first-order valence-electron chi connectivity index (χ1n) is 10.3. The fraction of sp³-hybridized carbons (Fsp3) is 0.261. The number of nitrogens with one attached hydrogen (secondary N) is 3. The fourth-order valence-electron chi connectivity index (χ4n) is 3.96. The van der Waals surface area contributed by atoms with Crippen molar-refractivity contribution in [2.75, 3.05) is 25.5 Å². The highest BCUT2D eigenvalue weighted by Gasteiger charge is 2.18. The van der Waals surface area contributed by atoms with Gasteiger partial charge in [-0.1, -0.05) is 0 Å². The van der Waals surface area contributed by atoms with Crippen LogP contribution in [0, 0.1) is 5.82 Å². The van der Waals surface area contributed by atoms with Crippen molar-refractivity contribution in [3.05, 3.63) is 65.5 Å². The van der Waals surface area contributed by atoms with E-state index in [0.29, 0.717) is 24.5 Å². The summed E-state index contributed by atoms with van der Waals surface area (Å²) in [7, 11) is 1.67. The summed E-state index contributed by atoms with van der Waals surface area (Å²) in [6, 6.07) is 7.44. The maximum atomic E-state index is 13.7. The van der Waals surface area contributed by atoms with Crippen molar-refractivity contribution in [2.24, 2.45) is 0 Å². The van der Waals surface area contributed by atoms with E-state index < -0.39 is 5.82 Å². The Kier molecular flexibility index (Phi) is 5.21. The molecule has 3 aromatic heterocycles. The summed E-state index contributed by atoms with van der Waals surface area (Å²) in [4.78, 5) is 16.6. The lowest BCUT2D eigenvalue weighted by Crippen LogP contribution is -2.27. The monoisotopic (exact) mass is 418 g/mol. The Labute approximate surface area is 179 Å². The van der Waals surface area contributed by atoms with Crippen LogP contribution in [-0.2, 0) is 19.4 Å². The van der Waals surface area contributed by atoms with E-state index in [1.54, 1.807) is 13.3 Å². The Morgan fingerprint density at radius 3 is 3.00 bits per heavy atom. The average Bonchev–Trinajstić information content (AvgIpc) is 3.21. The zero-order valence-corrected chi connectivity index (χ0v) is 17.2. The number of methoxy groups -OCH3 is 1. The van der Waals surface area contributed by atoms with Crippen LogP contribution >= 0.6 is 0 Å². The van der Waals surface area contributed by atoms with Crippen molar-refractivity contribution in [1.82, 2.24) is 25.3 Å². The number of nitrogens with zero attached hydrogens (tertiary/aromatic N) is 3. The molecular weight excluding hydrogens is 395 g/mol. The first-order chi connectivity index (χ1) is 15.2. The molecule has 7 nitrogen and oxygen atoms in total. The Morgan fingerprint density at radius 2 is 2.13 bits per heavy atom. The van der Waals surface area contributed by atoms with E-state index in [0.717, 1.165) is 53.1 Å². The van der Waals surface area contributed by atoms with Crippen molar-refractivity contribution in [2.45, 2.75) is 19.4 Å². The second kappa shape index (κ2) is 8.31. The molecule has 0 aliphatic carbocycles. The molecule has 0 amide bonds. The molecule has 0 spiro atoms. The summed E-state index contributed by atoms with van der Waals surface area (Å²) in [5, 5.41) is 8.01. The molecule has 1 aromatic carbocycles. The van der Waals surface area contributed by atoms with Crippen molar-refractivity contribution in [3.63, 3.8) is 0 Å². The van der Waals surface area contributed by atoms with Crippen molar-refractivity contribution in [3.8, 4) is 17.1 Å². The van der Waals surface area contributed by atoms with Crippen LogP contribution in [-0.4, -0.2) is 40.1 Å². The summed E-state index contributed by atoms with van der Waals surface area (Å²) in [5.74, 6) is 1.72. The van der Waals surface area contributed by atoms with Gasteiger partial charge in [0.1, 0.15) is 17.4 Å². The summed E-state index contributed by atoms with van der Waals surface area (Å²) < 4.78 is 19.0. The molecule has 4 heterocycles. The van der Waals surface area contributed by atoms with Crippen LogP contribution in [0.25, 0.3) is 22.3 Å². The topological polar surface area (TPSA) is 87.8 Å². The SMILES string of the molecule is COc1ccc2[nH]cc(CCNc3nc(-c4cncc(F)c4)nc4c3CNCC4)c2c1. The van der Waals surface area contributed by atoms with E-state index in [4.69, 9.17) is 9.72 Å². The number of fused-ring (bicyclic) bond motifs is 2. The number of aromatic nitrogens is 4. The maximum Gasteiger partial charge on any atom is 0.163 e. The zero-order valence-electron chi connectivity index (χ0n) is 17.2. The summed E-state index contributed by atoms with van der Waals surface area (Å²) in [6.45, 7) is 2.28. The summed E-state index contributed by atoms with van der Waals surface area (Å²) in [5.41, 5.74) is 4.93. The Balaban J connectivity index is 1.40. The average molecular weight is 418 g/mol. The molecule has 1 aliphatic rings. The lowest BCUT2D eigenvalue weighted by Gasteiger charge is -2.20. The predicted molar refractivity (Wildman–Crippen MR) is 118 cm³/mol. The van der Waals surface area contributed by atoms with Gasteiger partial charge in [-0.05, 0) is 36.2 Å². The first-order valence-corrected chi connectivity index (χ1v) is 10.3. The molecule has 1 aliphatic heterocycles. The van der Waals surface area contributed by atoms with Gasteiger partial charge in [-0.15, -0.1) is 0 Å². The van der Waals surface area contributed by atoms with E-state index in [1.165, 1.54) is 17.8 Å². The Morgan fingerprint density at radius 1 is 1.19 bits per heavy atom. The maximum absolute atomic E-state index is 13.7. The molecule has 0 saturated carbocycles. The van der Waals surface area contributed by atoms with Crippen molar-refractivity contribution >= 4 is 16.7 Å². The molecule has 0 saturated heterocycles. The van der Waals surface area contributed by atoms with Crippen LogP contribution in [0.5, 0.6) is 5.75 Å². The number of pyridine rings is 1. The van der Waals surface area contributed by atoms with E-state index in [-0.39, 0.29) is 0 Å². The second-order valence-electron chi connectivity index (χ2n) is 7.54. The van der Waals surface area contributed by atoms with Crippen molar-refractivity contribution < 1.29 is 9.13 Å². The summed E-state index contributed by atoms with van der Waals surface area (Å²) >= 11 is 0. The van der Waals surface area contributed by atoms with Gasteiger partial charge in [0.05, 0.1) is 19.0 Å². The fourth-order valence-corrected chi connectivity index (χ4v) is 3.96. The van der Waals surface area contributed by atoms with Crippen LogP contribution < -0.4 is 15.4 Å². The van der Waals surface area contributed by atoms with E-state index in [1.807, 2.05) is 24.4 Å². The minimum Gasteiger partial charge on any atom is -0.497 e. The molecule has 0 atom stereocenters. The van der Waals surface area contributed by atoms with Gasteiger partial charge in [0.2, 0.25) is 0 Å². The first kappa shape index (κ1) is 19.4. The lowest BCUT2D eigenvalue weighted by molar-refractivity contribution is 0.415. The lowest BCUT2D eigenvalue weighted by atomic mass is 10.1. The number of benzene rings is 1. The quantitative estimate of drug-likeness (QED) is 0.444. The third-order valence-corrected chi connectivity index (χ3v) is 5.56. The van der Waals surface area contributed by atoms with Gasteiger partial charge in [0, 0.05) is 60.5 Å². The van der Waals surface area contributed by atoms with Gasteiger partial charge in [-0.2, -0.15) is 0 Å². The van der Waals surface area contributed by atoms with Crippen LogP contribution in [0.3, 0.4) is 0 Å². The van der Waals surface area contributed by atoms with Crippen LogP contribution in [0.4, 0.5) is 10.2 Å². The Hall–Kier alpha value is -3.52. The zero-order chi connectivity index (χ0) is 21.2. The van der Waals surface area contributed by atoms with Gasteiger partial charge >= 0.3 is 0 Å². The van der Waals surface area contributed by atoms with Gasteiger partial charge in [0.15, 0.2) is 5.82 Å². The molecule has 0 bridgehead atoms. The third kappa shape index (κ3) is 3.94. The van der Waals surface area contributed by atoms with Crippen molar-refractivity contribution in [1.29, 1.82) is 0 Å².